The van der Waals surface area contributed by atoms with Crippen molar-refractivity contribution in [2.24, 2.45) is 5.73 Å². The van der Waals surface area contributed by atoms with E-state index in [0.717, 1.165) is 12.2 Å². The van der Waals surface area contributed by atoms with Crippen molar-refractivity contribution in [1.82, 2.24) is 0 Å². The van der Waals surface area contributed by atoms with Gasteiger partial charge in [-0.1, -0.05) is 0 Å². The molecule has 0 fully saturated rings. The van der Waals surface area contributed by atoms with E-state index in [4.69, 9.17) is 20.3 Å². The van der Waals surface area contributed by atoms with Crippen LogP contribution in [0, 0.1) is 0 Å². The van der Waals surface area contributed by atoms with Gasteiger partial charge < -0.3 is 20.3 Å². The molecule has 90 valence electrons. The first-order valence-electron chi connectivity index (χ1n) is 4.81. The number of thioether (sulfide) groups is 1. The molecule has 0 amide bonds. The van der Waals surface area contributed by atoms with Gasteiger partial charge in [-0.3, -0.25) is 4.79 Å². The Labute approximate surface area is 94.3 Å². The van der Waals surface area contributed by atoms with Crippen LogP contribution in [0.25, 0.3) is 0 Å². The number of rotatable bonds is 10. The van der Waals surface area contributed by atoms with Crippen molar-refractivity contribution in [3.63, 3.8) is 0 Å². The summed E-state index contributed by atoms with van der Waals surface area (Å²) in [5.74, 6) is 0.375. The van der Waals surface area contributed by atoms with Crippen molar-refractivity contribution in [3.05, 3.63) is 0 Å². The Morgan fingerprint density at radius 2 is 2.20 bits per heavy atom. The van der Waals surface area contributed by atoms with Crippen LogP contribution in [0.3, 0.4) is 0 Å². The van der Waals surface area contributed by atoms with Crippen molar-refractivity contribution in [1.29, 1.82) is 0 Å². The highest BCUT2D eigenvalue weighted by Gasteiger charge is 2.10. The third-order valence-corrected chi connectivity index (χ3v) is 2.80. The van der Waals surface area contributed by atoms with E-state index in [-0.39, 0.29) is 0 Å². The number of aliphatic carboxylic acids is 1. The normalized spacial score (nSPS) is 12.7. The first kappa shape index (κ1) is 14.7. The largest absolute Gasteiger partial charge is 0.480 e. The standard InChI is InChI=1S/C9H19NO4S/c1-13-4-5-14-3-2-6-15-7-8(10)9(11)12/h8H,2-7,10H2,1H3,(H,11,12)/t8-/m1/s1. The first-order valence-corrected chi connectivity index (χ1v) is 5.96. The maximum absolute atomic E-state index is 10.4. The van der Waals surface area contributed by atoms with E-state index in [0.29, 0.717) is 25.6 Å². The molecule has 6 heteroatoms. The second-order valence-electron chi connectivity index (χ2n) is 2.98. The molecular weight excluding hydrogens is 218 g/mol. The quantitative estimate of drug-likeness (QED) is 0.528. The summed E-state index contributed by atoms with van der Waals surface area (Å²) in [6.07, 6.45) is 0.903. The Morgan fingerprint density at radius 1 is 1.47 bits per heavy atom. The van der Waals surface area contributed by atoms with E-state index < -0.39 is 12.0 Å². The van der Waals surface area contributed by atoms with Crippen molar-refractivity contribution in [2.75, 3.05) is 38.4 Å². The second kappa shape index (κ2) is 10.2. The highest BCUT2D eigenvalue weighted by atomic mass is 32.2. The van der Waals surface area contributed by atoms with E-state index in [1.165, 1.54) is 11.8 Å². The lowest BCUT2D eigenvalue weighted by Crippen LogP contribution is -2.32. The molecule has 0 rings (SSSR count). The summed E-state index contributed by atoms with van der Waals surface area (Å²) in [4.78, 5) is 10.4. The molecule has 0 aromatic heterocycles. The highest BCUT2D eigenvalue weighted by molar-refractivity contribution is 7.99. The number of carbonyl (C=O) groups is 1. The Morgan fingerprint density at radius 3 is 2.80 bits per heavy atom. The van der Waals surface area contributed by atoms with E-state index in [9.17, 15) is 4.79 Å². The van der Waals surface area contributed by atoms with Gasteiger partial charge in [-0.05, 0) is 12.2 Å². The molecule has 1 atom stereocenters. The van der Waals surface area contributed by atoms with Crippen molar-refractivity contribution >= 4 is 17.7 Å². The molecule has 0 aliphatic rings. The van der Waals surface area contributed by atoms with Gasteiger partial charge in [0, 0.05) is 19.5 Å². The fourth-order valence-electron chi connectivity index (χ4n) is 0.789. The zero-order valence-electron chi connectivity index (χ0n) is 8.98. The van der Waals surface area contributed by atoms with Crippen LogP contribution >= 0.6 is 11.8 Å². The lowest BCUT2D eigenvalue weighted by molar-refractivity contribution is -0.137. The molecule has 3 N–H and O–H groups in total. The zero-order valence-corrected chi connectivity index (χ0v) is 9.79. The molecule has 0 radical (unpaired) electrons. The molecule has 5 nitrogen and oxygen atoms in total. The van der Waals surface area contributed by atoms with Gasteiger partial charge >= 0.3 is 5.97 Å². The van der Waals surface area contributed by atoms with E-state index in [1.807, 2.05) is 0 Å². The van der Waals surface area contributed by atoms with Crippen LogP contribution in [0.2, 0.25) is 0 Å². The third kappa shape index (κ3) is 9.99. The van der Waals surface area contributed by atoms with Crippen LogP contribution in [0.5, 0.6) is 0 Å². The molecule has 15 heavy (non-hydrogen) atoms. The molecular formula is C9H19NO4S. The molecule has 0 spiro atoms. The van der Waals surface area contributed by atoms with Crippen molar-refractivity contribution in [2.45, 2.75) is 12.5 Å². The molecule has 0 saturated heterocycles. The predicted octanol–water partition coefficient (Wildman–Crippen LogP) is 0.185. The number of hydrogen-bond donors (Lipinski definition) is 2. The van der Waals surface area contributed by atoms with Gasteiger partial charge in [-0.2, -0.15) is 11.8 Å². The van der Waals surface area contributed by atoms with Crippen LogP contribution < -0.4 is 5.73 Å². The number of carboxylic acid groups (broad SMARTS) is 1. The highest BCUT2D eigenvalue weighted by Crippen LogP contribution is 2.04. The Kier molecular flexibility index (Phi) is 10.0. The maximum atomic E-state index is 10.4. The average molecular weight is 237 g/mol. The Hall–Kier alpha value is -0.300. The van der Waals surface area contributed by atoms with Gasteiger partial charge in [0.15, 0.2) is 0 Å². The van der Waals surface area contributed by atoms with Gasteiger partial charge in [-0.25, -0.2) is 0 Å². The van der Waals surface area contributed by atoms with Crippen LogP contribution in [-0.4, -0.2) is 55.6 Å². The number of hydrogen-bond acceptors (Lipinski definition) is 5. The van der Waals surface area contributed by atoms with Crippen LogP contribution in [0.1, 0.15) is 6.42 Å². The molecule has 0 heterocycles. The zero-order chi connectivity index (χ0) is 11.5. The third-order valence-electron chi connectivity index (χ3n) is 1.62. The minimum Gasteiger partial charge on any atom is -0.480 e. The Bertz CT molecular complexity index is 168. The van der Waals surface area contributed by atoms with Gasteiger partial charge in [0.2, 0.25) is 0 Å². The number of carboxylic acids is 1. The van der Waals surface area contributed by atoms with Crippen LogP contribution in [0.4, 0.5) is 0 Å². The molecule has 0 saturated carbocycles. The predicted molar refractivity (Wildman–Crippen MR) is 60.2 cm³/mol. The second-order valence-corrected chi connectivity index (χ2v) is 4.13. The van der Waals surface area contributed by atoms with Crippen LogP contribution in [0.15, 0.2) is 0 Å². The maximum Gasteiger partial charge on any atom is 0.321 e. The number of nitrogens with two attached hydrogens (primary N) is 1. The fourth-order valence-corrected chi connectivity index (χ4v) is 1.67. The summed E-state index contributed by atoms with van der Waals surface area (Å²) in [7, 11) is 1.63. The van der Waals surface area contributed by atoms with Gasteiger partial charge in [0.25, 0.3) is 0 Å². The number of ether oxygens (including phenoxy) is 2. The fraction of sp³-hybridized carbons (Fsp3) is 0.889. The van der Waals surface area contributed by atoms with E-state index in [2.05, 4.69) is 0 Å². The van der Waals surface area contributed by atoms with E-state index >= 15 is 0 Å². The van der Waals surface area contributed by atoms with Crippen molar-refractivity contribution < 1.29 is 19.4 Å². The summed E-state index contributed by atoms with van der Waals surface area (Å²) in [6, 6.07) is -0.760. The van der Waals surface area contributed by atoms with Gasteiger partial charge in [0.05, 0.1) is 13.2 Å². The topological polar surface area (TPSA) is 81.8 Å². The lowest BCUT2D eigenvalue weighted by Gasteiger charge is -2.06. The first-order chi connectivity index (χ1) is 7.18. The molecule has 0 bridgehead atoms. The summed E-state index contributed by atoms with van der Waals surface area (Å²) in [5.41, 5.74) is 5.33. The average Bonchev–Trinajstić information content (AvgIpc) is 2.21. The molecule has 0 unspecified atom stereocenters. The number of methoxy groups -OCH3 is 1. The van der Waals surface area contributed by atoms with Gasteiger partial charge in [0.1, 0.15) is 6.04 Å². The Balaban J connectivity index is 3.08. The lowest BCUT2D eigenvalue weighted by atomic mass is 10.4. The molecule has 0 aliphatic heterocycles. The van der Waals surface area contributed by atoms with E-state index in [1.54, 1.807) is 7.11 Å². The molecule has 0 aromatic carbocycles. The SMILES string of the molecule is COCCOCCCSC[C@@H](N)C(=O)O. The monoisotopic (exact) mass is 237 g/mol. The summed E-state index contributed by atoms with van der Waals surface area (Å²) >= 11 is 1.54. The van der Waals surface area contributed by atoms with Crippen LogP contribution in [-0.2, 0) is 14.3 Å². The smallest absolute Gasteiger partial charge is 0.321 e. The minimum absolute atomic E-state index is 0.452. The summed E-state index contributed by atoms with van der Waals surface area (Å²) in [6.45, 7) is 1.89. The molecule has 0 aliphatic carbocycles. The summed E-state index contributed by atoms with van der Waals surface area (Å²) < 4.78 is 10.1. The minimum atomic E-state index is -0.946. The molecule has 0 aromatic rings. The van der Waals surface area contributed by atoms with Crippen molar-refractivity contribution in [3.8, 4) is 0 Å². The summed E-state index contributed by atoms with van der Waals surface area (Å²) in [5, 5.41) is 8.50. The van der Waals surface area contributed by atoms with Gasteiger partial charge in [-0.15, -0.1) is 0 Å².